The second-order valence-corrected chi connectivity index (χ2v) is 4.92. The van der Waals surface area contributed by atoms with Gasteiger partial charge in [-0.15, -0.1) is 0 Å². The summed E-state index contributed by atoms with van der Waals surface area (Å²) in [6, 6.07) is 14.0. The highest BCUT2D eigenvalue weighted by Gasteiger charge is 2.09. The van der Waals surface area contributed by atoms with E-state index in [9.17, 15) is 0 Å². The Bertz CT molecular complexity index is 766. The molecule has 3 heteroatoms. The van der Waals surface area contributed by atoms with Gasteiger partial charge in [0.15, 0.2) is 0 Å². The number of nitrogen functional groups attached to an aromatic ring is 1. The number of halogens is 1. The number of pyridine rings is 1. The number of anilines is 1. The number of nitrogens with zero attached hydrogens (tertiary/aromatic N) is 1. The van der Waals surface area contributed by atoms with Gasteiger partial charge in [0.1, 0.15) is 5.82 Å². The first-order valence-corrected chi connectivity index (χ1v) is 6.45. The Morgan fingerprint density at radius 3 is 2.53 bits per heavy atom. The molecular formula is C16H13ClN2. The van der Waals surface area contributed by atoms with Crippen molar-refractivity contribution in [2.75, 3.05) is 5.73 Å². The minimum absolute atomic E-state index is 0.555. The molecule has 19 heavy (non-hydrogen) atoms. The zero-order valence-electron chi connectivity index (χ0n) is 10.5. The molecule has 0 unspecified atom stereocenters. The van der Waals surface area contributed by atoms with Gasteiger partial charge < -0.3 is 5.73 Å². The van der Waals surface area contributed by atoms with E-state index in [0.29, 0.717) is 5.82 Å². The van der Waals surface area contributed by atoms with Crippen molar-refractivity contribution < 1.29 is 0 Å². The van der Waals surface area contributed by atoms with Crippen molar-refractivity contribution in [3.8, 4) is 11.1 Å². The van der Waals surface area contributed by atoms with E-state index in [1.807, 2.05) is 37.3 Å². The molecule has 1 aromatic heterocycles. The summed E-state index contributed by atoms with van der Waals surface area (Å²) in [7, 11) is 0. The molecule has 2 N–H and O–H groups in total. The van der Waals surface area contributed by atoms with Crippen LogP contribution in [0.4, 0.5) is 5.82 Å². The normalized spacial score (nSPS) is 10.8. The number of nitrogens with two attached hydrogens (primary N) is 1. The van der Waals surface area contributed by atoms with Crippen molar-refractivity contribution in [3.63, 3.8) is 0 Å². The molecule has 0 spiro atoms. The third-order valence-corrected chi connectivity index (χ3v) is 3.80. The summed E-state index contributed by atoms with van der Waals surface area (Å²) in [6.07, 6.45) is 1.74. The lowest BCUT2D eigenvalue weighted by Crippen LogP contribution is -1.92. The lowest BCUT2D eigenvalue weighted by molar-refractivity contribution is 1.37. The van der Waals surface area contributed by atoms with Crippen molar-refractivity contribution >= 4 is 28.2 Å². The summed E-state index contributed by atoms with van der Waals surface area (Å²) in [5, 5.41) is 2.84. The Balaban J connectivity index is 2.37. The van der Waals surface area contributed by atoms with Gasteiger partial charge in [0.05, 0.1) is 0 Å². The van der Waals surface area contributed by atoms with Gasteiger partial charge in [0.2, 0.25) is 0 Å². The van der Waals surface area contributed by atoms with E-state index < -0.39 is 0 Å². The van der Waals surface area contributed by atoms with Gasteiger partial charge in [-0.2, -0.15) is 0 Å². The molecule has 0 amide bonds. The predicted octanol–water partition coefficient (Wildman–Crippen LogP) is 4.45. The first kappa shape index (κ1) is 12.0. The summed E-state index contributed by atoms with van der Waals surface area (Å²) in [4.78, 5) is 4.13. The van der Waals surface area contributed by atoms with Crippen LogP contribution in [0.1, 0.15) is 5.56 Å². The van der Waals surface area contributed by atoms with Gasteiger partial charge in [-0.05, 0) is 41.1 Å². The summed E-state index contributed by atoms with van der Waals surface area (Å²) >= 11 is 6.21. The summed E-state index contributed by atoms with van der Waals surface area (Å²) in [5.41, 5.74) is 9.27. The van der Waals surface area contributed by atoms with Gasteiger partial charge in [-0.1, -0.05) is 41.9 Å². The van der Waals surface area contributed by atoms with Gasteiger partial charge >= 0.3 is 0 Å². The van der Waals surface area contributed by atoms with Crippen LogP contribution in [-0.2, 0) is 0 Å². The number of aromatic nitrogens is 1. The Morgan fingerprint density at radius 2 is 1.68 bits per heavy atom. The van der Waals surface area contributed by atoms with Gasteiger partial charge in [-0.25, -0.2) is 4.98 Å². The Labute approximate surface area is 116 Å². The maximum atomic E-state index is 6.21. The highest BCUT2D eigenvalue weighted by molar-refractivity contribution is 6.31. The Hall–Kier alpha value is -2.06. The number of benzene rings is 2. The highest BCUT2D eigenvalue weighted by atomic mass is 35.5. The Kier molecular flexibility index (Phi) is 2.88. The molecule has 0 saturated carbocycles. The molecule has 0 aliphatic heterocycles. The molecule has 0 aliphatic rings. The van der Waals surface area contributed by atoms with E-state index >= 15 is 0 Å². The lowest BCUT2D eigenvalue weighted by atomic mass is 9.96. The van der Waals surface area contributed by atoms with E-state index in [1.165, 1.54) is 0 Å². The van der Waals surface area contributed by atoms with Gasteiger partial charge in [-0.3, -0.25) is 0 Å². The van der Waals surface area contributed by atoms with E-state index in [4.69, 9.17) is 17.3 Å². The number of rotatable bonds is 1. The fourth-order valence-electron chi connectivity index (χ4n) is 2.36. The first-order chi connectivity index (χ1) is 9.18. The van der Waals surface area contributed by atoms with Gasteiger partial charge in [0, 0.05) is 16.6 Å². The smallest absolute Gasteiger partial charge is 0.131 e. The average Bonchev–Trinajstić information content (AvgIpc) is 2.42. The summed E-state index contributed by atoms with van der Waals surface area (Å²) < 4.78 is 0. The largest absolute Gasteiger partial charge is 0.383 e. The topological polar surface area (TPSA) is 38.9 Å². The molecule has 0 aliphatic carbocycles. The van der Waals surface area contributed by atoms with Crippen LogP contribution in [0, 0.1) is 6.92 Å². The molecule has 94 valence electrons. The minimum Gasteiger partial charge on any atom is -0.383 e. The first-order valence-electron chi connectivity index (χ1n) is 6.07. The molecule has 0 radical (unpaired) electrons. The number of hydrogen-bond acceptors (Lipinski definition) is 2. The molecule has 0 atom stereocenters. The second kappa shape index (κ2) is 4.56. The van der Waals surface area contributed by atoms with Crippen LogP contribution in [0.25, 0.3) is 21.9 Å². The van der Waals surface area contributed by atoms with E-state index in [1.54, 1.807) is 6.20 Å². The fourth-order valence-corrected chi connectivity index (χ4v) is 2.54. The van der Waals surface area contributed by atoms with Crippen molar-refractivity contribution in [1.29, 1.82) is 0 Å². The molecule has 2 aromatic carbocycles. The molecule has 1 heterocycles. The maximum absolute atomic E-state index is 6.21. The molecule has 0 saturated heterocycles. The van der Waals surface area contributed by atoms with Crippen LogP contribution in [0.5, 0.6) is 0 Å². The molecule has 3 rings (SSSR count). The zero-order chi connectivity index (χ0) is 13.4. The van der Waals surface area contributed by atoms with E-state index in [2.05, 4.69) is 17.1 Å². The monoisotopic (exact) mass is 268 g/mol. The number of fused-ring (bicyclic) bond motifs is 1. The van der Waals surface area contributed by atoms with E-state index in [-0.39, 0.29) is 0 Å². The van der Waals surface area contributed by atoms with Crippen LogP contribution in [0.15, 0.2) is 48.7 Å². The molecule has 3 aromatic rings. The molecule has 0 bridgehead atoms. The van der Waals surface area contributed by atoms with Crippen molar-refractivity contribution in [2.24, 2.45) is 0 Å². The minimum atomic E-state index is 0.555. The van der Waals surface area contributed by atoms with Crippen LogP contribution < -0.4 is 5.73 Å². The van der Waals surface area contributed by atoms with Gasteiger partial charge in [0.25, 0.3) is 0 Å². The van der Waals surface area contributed by atoms with E-state index in [0.717, 1.165) is 32.5 Å². The van der Waals surface area contributed by atoms with Crippen LogP contribution in [0.3, 0.4) is 0 Å². The lowest BCUT2D eigenvalue weighted by Gasteiger charge is -2.11. The maximum Gasteiger partial charge on any atom is 0.131 e. The zero-order valence-corrected chi connectivity index (χ0v) is 11.3. The van der Waals surface area contributed by atoms with Crippen LogP contribution in [0.2, 0.25) is 5.02 Å². The van der Waals surface area contributed by atoms with Crippen molar-refractivity contribution in [3.05, 3.63) is 59.2 Å². The molecular weight excluding hydrogens is 256 g/mol. The Morgan fingerprint density at radius 1 is 0.947 bits per heavy atom. The fraction of sp³-hybridized carbons (Fsp3) is 0.0625. The summed E-state index contributed by atoms with van der Waals surface area (Å²) in [5.74, 6) is 0.555. The SMILES string of the molecule is Cc1c(Cl)cccc1-c1cccc2c(N)nccc12. The highest BCUT2D eigenvalue weighted by Crippen LogP contribution is 2.34. The van der Waals surface area contributed by atoms with Crippen molar-refractivity contribution in [2.45, 2.75) is 6.92 Å². The number of hydrogen-bond donors (Lipinski definition) is 1. The third kappa shape index (κ3) is 1.94. The van der Waals surface area contributed by atoms with Crippen LogP contribution >= 0.6 is 11.6 Å². The van der Waals surface area contributed by atoms with Crippen LogP contribution in [-0.4, -0.2) is 4.98 Å². The second-order valence-electron chi connectivity index (χ2n) is 4.51. The standard InChI is InChI=1S/C16H13ClN2/c1-10-11(4-3-7-15(10)17)12-5-2-6-14-13(12)8-9-19-16(14)18/h2-9H,1H3,(H2,18,19). The predicted molar refractivity (Wildman–Crippen MR) is 81.3 cm³/mol. The molecule has 0 fully saturated rings. The van der Waals surface area contributed by atoms with Crippen molar-refractivity contribution in [1.82, 2.24) is 4.98 Å². The average molecular weight is 269 g/mol. The molecule has 2 nitrogen and oxygen atoms in total. The third-order valence-electron chi connectivity index (χ3n) is 3.39. The quantitative estimate of drug-likeness (QED) is 0.708. The summed E-state index contributed by atoms with van der Waals surface area (Å²) in [6.45, 7) is 2.03.